The Labute approximate surface area is 111 Å². The highest BCUT2D eigenvalue weighted by atomic mass is 19.1. The highest BCUT2D eigenvalue weighted by molar-refractivity contribution is 5.87. The van der Waals surface area contributed by atoms with Crippen LogP contribution in [0.2, 0.25) is 0 Å². The number of hydrogen-bond donors (Lipinski definition) is 0. The molecule has 0 N–H and O–H groups in total. The van der Waals surface area contributed by atoms with Crippen molar-refractivity contribution in [2.24, 2.45) is 0 Å². The molecule has 0 unspecified atom stereocenters. The first-order chi connectivity index (χ1) is 9.17. The zero-order chi connectivity index (χ0) is 13.8. The Morgan fingerprint density at radius 1 is 1.63 bits per heavy atom. The van der Waals surface area contributed by atoms with Crippen molar-refractivity contribution in [1.29, 1.82) is 0 Å². The van der Waals surface area contributed by atoms with Crippen molar-refractivity contribution >= 4 is 11.7 Å². The van der Waals surface area contributed by atoms with Gasteiger partial charge in [0.05, 0.1) is 6.20 Å². The van der Waals surface area contributed by atoms with Gasteiger partial charge in [0, 0.05) is 25.7 Å². The second-order valence-corrected chi connectivity index (χ2v) is 4.44. The number of hydrogen-bond acceptors (Lipinski definition) is 4. The van der Waals surface area contributed by atoms with Gasteiger partial charge in [-0.3, -0.25) is 4.79 Å². The first kappa shape index (κ1) is 13.5. The van der Waals surface area contributed by atoms with E-state index in [9.17, 15) is 9.18 Å². The van der Waals surface area contributed by atoms with Crippen LogP contribution in [-0.4, -0.2) is 46.5 Å². The highest BCUT2D eigenvalue weighted by Crippen LogP contribution is 2.20. The number of amides is 1. The number of aromatic nitrogens is 2. The molecule has 0 aromatic carbocycles. The SMILES string of the molecule is C=CC(=O)N1CCN(c2ncncc2F)C[C@H]1CC. The average Bonchev–Trinajstić information content (AvgIpc) is 2.46. The van der Waals surface area contributed by atoms with Crippen LogP contribution in [0.1, 0.15) is 13.3 Å². The summed E-state index contributed by atoms with van der Waals surface area (Å²) in [5.41, 5.74) is 0. The van der Waals surface area contributed by atoms with Crippen LogP contribution >= 0.6 is 0 Å². The third-order valence-corrected chi connectivity index (χ3v) is 3.36. The van der Waals surface area contributed by atoms with E-state index in [2.05, 4.69) is 16.5 Å². The Kier molecular flexibility index (Phi) is 4.09. The maximum Gasteiger partial charge on any atom is 0.246 e. The summed E-state index contributed by atoms with van der Waals surface area (Å²) in [7, 11) is 0. The molecule has 1 atom stereocenters. The molecule has 5 nitrogen and oxygen atoms in total. The van der Waals surface area contributed by atoms with E-state index in [1.165, 1.54) is 12.4 Å². The van der Waals surface area contributed by atoms with Gasteiger partial charge in [0.2, 0.25) is 5.91 Å². The van der Waals surface area contributed by atoms with Crippen LogP contribution in [0.25, 0.3) is 0 Å². The van der Waals surface area contributed by atoms with Crippen LogP contribution in [0.3, 0.4) is 0 Å². The summed E-state index contributed by atoms with van der Waals surface area (Å²) in [5, 5.41) is 0. The molecule has 102 valence electrons. The summed E-state index contributed by atoms with van der Waals surface area (Å²) in [6.45, 7) is 7.20. The largest absolute Gasteiger partial charge is 0.350 e. The quantitative estimate of drug-likeness (QED) is 0.770. The second kappa shape index (κ2) is 5.77. The van der Waals surface area contributed by atoms with Crippen molar-refractivity contribution in [2.45, 2.75) is 19.4 Å². The number of rotatable bonds is 3. The lowest BCUT2D eigenvalue weighted by molar-refractivity contribution is -0.128. The van der Waals surface area contributed by atoms with Gasteiger partial charge in [-0.05, 0) is 12.5 Å². The third kappa shape index (κ3) is 2.72. The van der Waals surface area contributed by atoms with E-state index in [4.69, 9.17) is 0 Å². The number of carbonyl (C=O) groups is 1. The molecule has 1 amide bonds. The minimum absolute atomic E-state index is 0.0496. The van der Waals surface area contributed by atoms with Gasteiger partial charge >= 0.3 is 0 Å². The van der Waals surface area contributed by atoms with E-state index < -0.39 is 5.82 Å². The first-order valence-corrected chi connectivity index (χ1v) is 6.30. The third-order valence-electron chi connectivity index (χ3n) is 3.36. The van der Waals surface area contributed by atoms with Crippen molar-refractivity contribution in [2.75, 3.05) is 24.5 Å². The Morgan fingerprint density at radius 3 is 3.05 bits per heavy atom. The van der Waals surface area contributed by atoms with Gasteiger partial charge in [-0.1, -0.05) is 13.5 Å². The molecule has 1 saturated heterocycles. The zero-order valence-electron chi connectivity index (χ0n) is 10.9. The smallest absolute Gasteiger partial charge is 0.246 e. The fourth-order valence-corrected chi connectivity index (χ4v) is 2.34. The lowest BCUT2D eigenvalue weighted by Crippen LogP contribution is -2.55. The molecule has 1 aromatic rings. The van der Waals surface area contributed by atoms with Gasteiger partial charge < -0.3 is 9.80 Å². The van der Waals surface area contributed by atoms with Gasteiger partial charge in [0.25, 0.3) is 0 Å². The lowest BCUT2D eigenvalue weighted by Gasteiger charge is -2.41. The second-order valence-electron chi connectivity index (χ2n) is 4.44. The van der Waals surface area contributed by atoms with Gasteiger partial charge in [-0.2, -0.15) is 0 Å². The summed E-state index contributed by atoms with van der Waals surface area (Å²) < 4.78 is 13.7. The Morgan fingerprint density at radius 2 is 2.42 bits per heavy atom. The summed E-state index contributed by atoms with van der Waals surface area (Å²) >= 11 is 0. The maximum absolute atomic E-state index is 13.7. The molecule has 1 aliphatic rings. The predicted octanol–water partition coefficient (Wildman–Crippen LogP) is 1.23. The summed E-state index contributed by atoms with van der Waals surface area (Å²) in [4.78, 5) is 23.0. The Balaban J connectivity index is 2.15. The maximum atomic E-state index is 13.7. The van der Waals surface area contributed by atoms with Gasteiger partial charge in [0.1, 0.15) is 6.33 Å². The number of nitrogens with zero attached hydrogens (tertiary/aromatic N) is 4. The zero-order valence-corrected chi connectivity index (χ0v) is 10.9. The molecule has 1 aliphatic heterocycles. The van der Waals surface area contributed by atoms with Crippen LogP contribution in [0.15, 0.2) is 25.2 Å². The fraction of sp³-hybridized carbons (Fsp3) is 0.462. The Hall–Kier alpha value is -1.98. The molecule has 0 aliphatic carbocycles. The van der Waals surface area contributed by atoms with Crippen LogP contribution in [0, 0.1) is 5.82 Å². The molecule has 1 fully saturated rings. The molecule has 1 aromatic heterocycles. The predicted molar refractivity (Wildman–Crippen MR) is 70.2 cm³/mol. The standard InChI is InChI=1S/C13H17FN4O/c1-3-10-8-17(5-6-18(10)12(19)4-2)13-11(14)7-15-9-16-13/h4,7,9-10H,2-3,5-6,8H2,1H3/t10-/m1/s1. The molecule has 0 saturated carbocycles. The summed E-state index contributed by atoms with van der Waals surface area (Å²) in [6.07, 6.45) is 4.62. The molecular weight excluding hydrogens is 247 g/mol. The van der Waals surface area contributed by atoms with Gasteiger partial charge in [0.15, 0.2) is 11.6 Å². The number of carbonyl (C=O) groups excluding carboxylic acids is 1. The molecule has 0 radical (unpaired) electrons. The van der Waals surface area contributed by atoms with E-state index in [0.29, 0.717) is 25.5 Å². The van der Waals surface area contributed by atoms with Crippen LogP contribution < -0.4 is 4.90 Å². The van der Waals surface area contributed by atoms with Crippen molar-refractivity contribution in [3.05, 3.63) is 31.0 Å². The average molecular weight is 264 g/mol. The highest BCUT2D eigenvalue weighted by Gasteiger charge is 2.29. The first-order valence-electron chi connectivity index (χ1n) is 6.30. The van der Waals surface area contributed by atoms with Crippen molar-refractivity contribution < 1.29 is 9.18 Å². The Bertz CT molecular complexity index is 479. The molecule has 0 bridgehead atoms. The molecule has 2 rings (SSSR count). The van der Waals surface area contributed by atoms with Crippen LogP contribution in [0.5, 0.6) is 0 Å². The van der Waals surface area contributed by atoms with Gasteiger partial charge in [-0.25, -0.2) is 14.4 Å². The molecule has 6 heteroatoms. The summed E-state index contributed by atoms with van der Waals surface area (Å²) in [5.74, 6) is -0.199. The fourth-order valence-electron chi connectivity index (χ4n) is 2.34. The normalized spacial score (nSPS) is 19.4. The number of halogens is 1. The lowest BCUT2D eigenvalue weighted by atomic mass is 10.1. The molecular formula is C13H17FN4O. The van der Waals surface area contributed by atoms with E-state index in [1.807, 2.05) is 11.8 Å². The monoisotopic (exact) mass is 264 g/mol. The van der Waals surface area contributed by atoms with Crippen molar-refractivity contribution in [3.63, 3.8) is 0 Å². The van der Waals surface area contributed by atoms with Crippen molar-refractivity contribution in [1.82, 2.24) is 14.9 Å². The minimum Gasteiger partial charge on any atom is -0.350 e. The van der Waals surface area contributed by atoms with Gasteiger partial charge in [-0.15, -0.1) is 0 Å². The van der Waals surface area contributed by atoms with Crippen LogP contribution in [0.4, 0.5) is 10.2 Å². The minimum atomic E-state index is -0.430. The van der Waals surface area contributed by atoms with Crippen LogP contribution in [-0.2, 0) is 4.79 Å². The summed E-state index contributed by atoms with van der Waals surface area (Å²) in [6, 6.07) is 0.0496. The number of piperazine rings is 1. The van der Waals surface area contributed by atoms with E-state index >= 15 is 0 Å². The topological polar surface area (TPSA) is 49.3 Å². The molecule has 0 spiro atoms. The van der Waals surface area contributed by atoms with Crippen molar-refractivity contribution in [3.8, 4) is 0 Å². The van der Waals surface area contributed by atoms with E-state index in [-0.39, 0.29) is 11.9 Å². The van der Waals surface area contributed by atoms with E-state index in [0.717, 1.165) is 12.6 Å². The molecule has 19 heavy (non-hydrogen) atoms. The molecule has 2 heterocycles. The van der Waals surface area contributed by atoms with E-state index in [1.54, 1.807) is 4.90 Å². The number of anilines is 1.